The van der Waals surface area contributed by atoms with Crippen molar-refractivity contribution in [3.05, 3.63) is 30.3 Å². The minimum atomic E-state index is 0.433. The maximum absolute atomic E-state index is 5.67. The van der Waals surface area contributed by atoms with Crippen molar-refractivity contribution in [1.82, 2.24) is 15.5 Å². The van der Waals surface area contributed by atoms with E-state index in [0.717, 1.165) is 38.0 Å². The SMILES string of the molecule is CN=C(NCCOc1ccccc1)NCC(C)N1CCOCC1C. The number of ether oxygens (including phenoxy) is 2. The van der Waals surface area contributed by atoms with Gasteiger partial charge >= 0.3 is 0 Å². The first kappa shape index (κ1) is 18.5. The fourth-order valence-electron chi connectivity index (χ4n) is 2.83. The average molecular weight is 334 g/mol. The molecule has 0 aliphatic carbocycles. The van der Waals surface area contributed by atoms with Crippen molar-refractivity contribution in [2.24, 2.45) is 4.99 Å². The predicted octanol–water partition coefficient (Wildman–Crippen LogP) is 1.34. The van der Waals surface area contributed by atoms with Crippen LogP contribution in [0.2, 0.25) is 0 Å². The molecule has 24 heavy (non-hydrogen) atoms. The summed E-state index contributed by atoms with van der Waals surface area (Å²) in [6.07, 6.45) is 0. The smallest absolute Gasteiger partial charge is 0.191 e. The number of nitrogens with zero attached hydrogens (tertiary/aromatic N) is 2. The summed E-state index contributed by atoms with van der Waals surface area (Å²) in [6, 6.07) is 10.7. The molecule has 6 nitrogen and oxygen atoms in total. The minimum Gasteiger partial charge on any atom is -0.492 e. The molecule has 1 heterocycles. The topological polar surface area (TPSA) is 58.1 Å². The van der Waals surface area contributed by atoms with Gasteiger partial charge in [0, 0.05) is 32.2 Å². The van der Waals surface area contributed by atoms with E-state index in [0.29, 0.717) is 25.2 Å². The molecule has 134 valence electrons. The summed E-state index contributed by atoms with van der Waals surface area (Å²) < 4.78 is 11.2. The van der Waals surface area contributed by atoms with E-state index >= 15 is 0 Å². The minimum absolute atomic E-state index is 0.433. The molecule has 1 aromatic rings. The van der Waals surface area contributed by atoms with Gasteiger partial charge in [-0.05, 0) is 26.0 Å². The highest BCUT2D eigenvalue weighted by molar-refractivity contribution is 5.79. The first-order valence-corrected chi connectivity index (χ1v) is 8.66. The predicted molar refractivity (Wildman–Crippen MR) is 97.8 cm³/mol. The van der Waals surface area contributed by atoms with Crippen LogP contribution in [0.3, 0.4) is 0 Å². The Morgan fingerprint density at radius 2 is 2.17 bits per heavy atom. The van der Waals surface area contributed by atoms with Gasteiger partial charge in [-0.1, -0.05) is 18.2 Å². The van der Waals surface area contributed by atoms with Gasteiger partial charge in [-0.3, -0.25) is 9.89 Å². The molecule has 6 heteroatoms. The second-order valence-electron chi connectivity index (χ2n) is 6.05. The molecule has 2 N–H and O–H groups in total. The maximum atomic E-state index is 5.67. The lowest BCUT2D eigenvalue weighted by molar-refractivity contribution is -0.0174. The second-order valence-corrected chi connectivity index (χ2v) is 6.05. The fraction of sp³-hybridized carbons (Fsp3) is 0.611. The van der Waals surface area contributed by atoms with E-state index in [1.807, 2.05) is 30.3 Å². The highest BCUT2D eigenvalue weighted by atomic mass is 16.5. The third-order valence-electron chi connectivity index (χ3n) is 4.18. The summed E-state index contributed by atoms with van der Waals surface area (Å²) >= 11 is 0. The molecular formula is C18H30N4O2. The zero-order valence-electron chi connectivity index (χ0n) is 15.0. The van der Waals surface area contributed by atoms with Crippen LogP contribution in [0.25, 0.3) is 0 Å². The number of benzene rings is 1. The summed E-state index contributed by atoms with van der Waals surface area (Å²) in [6.45, 7) is 9.22. The lowest BCUT2D eigenvalue weighted by Crippen LogP contribution is -2.53. The maximum Gasteiger partial charge on any atom is 0.191 e. The molecule has 1 aromatic carbocycles. The Bertz CT molecular complexity index is 495. The summed E-state index contributed by atoms with van der Waals surface area (Å²) in [7, 11) is 1.79. The molecule has 1 aliphatic heterocycles. The quantitative estimate of drug-likeness (QED) is 0.448. The van der Waals surface area contributed by atoms with Gasteiger partial charge in [0.1, 0.15) is 12.4 Å². The fourth-order valence-corrected chi connectivity index (χ4v) is 2.83. The normalized spacial score (nSPS) is 20.5. The monoisotopic (exact) mass is 334 g/mol. The molecule has 1 aliphatic rings. The highest BCUT2D eigenvalue weighted by Crippen LogP contribution is 2.10. The molecule has 1 saturated heterocycles. The zero-order chi connectivity index (χ0) is 17.2. The van der Waals surface area contributed by atoms with Crippen LogP contribution in [0.1, 0.15) is 13.8 Å². The van der Waals surface area contributed by atoms with Crippen molar-refractivity contribution in [3.8, 4) is 5.75 Å². The van der Waals surface area contributed by atoms with Gasteiger partial charge < -0.3 is 20.1 Å². The van der Waals surface area contributed by atoms with Crippen molar-refractivity contribution < 1.29 is 9.47 Å². The van der Waals surface area contributed by atoms with E-state index in [2.05, 4.69) is 34.4 Å². The Balaban J connectivity index is 1.64. The molecule has 0 amide bonds. The Labute approximate surface area is 145 Å². The summed E-state index contributed by atoms with van der Waals surface area (Å²) in [4.78, 5) is 6.74. The molecule has 1 fully saturated rings. The molecule has 2 atom stereocenters. The van der Waals surface area contributed by atoms with Crippen LogP contribution in [-0.4, -0.2) is 69.4 Å². The van der Waals surface area contributed by atoms with E-state index in [1.54, 1.807) is 7.05 Å². The molecule has 2 rings (SSSR count). The first-order valence-electron chi connectivity index (χ1n) is 8.66. The van der Waals surface area contributed by atoms with Crippen molar-refractivity contribution >= 4 is 5.96 Å². The highest BCUT2D eigenvalue weighted by Gasteiger charge is 2.23. The van der Waals surface area contributed by atoms with Crippen LogP contribution in [0.5, 0.6) is 5.75 Å². The van der Waals surface area contributed by atoms with Gasteiger partial charge in [-0.2, -0.15) is 0 Å². The van der Waals surface area contributed by atoms with Gasteiger partial charge in [0.15, 0.2) is 5.96 Å². The van der Waals surface area contributed by atoms with Gasteiger partial charge in [0.25, 0.3) is 0 Å². The van der Waals surface area contributed by atoms with E-state index in [-0.39, 0.29) is 0 Å². The molecule has 0 aromatic heterocycles. The van der Waals surface area contributed by atoms with E-state index < -0.39 is 0 Å². The molecule has 0 radical (unpaired) electrons. The molecule has 0 bridgehead atoms. The zero-order valence-corrected chi connectivity index (χ0v) is 15.0. The lowest BCUT2D eigenvalue weighted by Gasteiger charge is -2.38. The van der Waals surface area contributed by atoms with Crippen molar-refractivity contribution in [2.45, 2.75) is 25.9 Å². The van der Waals surface area contributed by atoms with Crippen LogP contribution < -0.4 is 15.4 Å². The number of guanidine groups is 1. The summed E-state index contributed by atoms with van der Waals surface area (Å²) in [5, 5.41) is 6.67. The number of hydrogen-bond donors (Lipinski definition) is 2. The summed E-state index contributed by atoms with van der Waals surface area (Å²) in [5.74, 6) is 1.69. The van der Waals surface area contributed by atoms with Gasteiger partial charge in [-0.15, -0.1) is 0 Å². The van der Waals surface area contributed by atoms with Crippen molar-refractivity contribution in [2.75, 3.05) is 46.5 Å². The Kier molecular flexibility index (Phi) is 7.85. The third kappa shape index (κ3) is 6.02. The van der Waals surface area contributed by atoms with Crippen LogP contribution in [0, 0.1) is 0 Å². The molecule has 0 saturated carbocycles. The van der Waals surface area contributed by atoms with Crippen LogP contribution >= 0.6 is 0 Å². The second kappa shape index (κ2) is 10.2. The van der Waals surface area contributed by atoms with Gasteiger partial charge in [-0.25, -0.2) is 0 Å². The number of para-hydroxylation sites is 1. The van der Waals surface area contributed by atoms with Crippen LogP contribution in [0.15, 0.2) is 35.3 Å². The number of nitrogens with one attached hydrogen (secondary N) is 2. The standard InChI is InChI=1S/C18H30N4O2/c1-15(22-10-12-23-14-16(22)2)13-21-18(19-3)20-9-11-24-17-7-5-4-6-8-17/h4-8,15-16H,9-14H2,1-3H3,(H2,19,20,21). The van der Waals surface area contributed by atoms with E-state index in [1.165, 1.54) is 0 Å². The molecule has 0 spiro atoms. The van der Waals surface area contributed by atoms with Crippen molar-refractivity contribution in [1.29, 1.82) is 0 Å². The van der Waals surface area contributed by atoms with E-state index in [9.17, 15) is 0 Å². The number of aliphatic imine (C=N–C) groups is 1. The van der Waals surface area contributed by atoms with Gasteiger partial charge in [0.05, 0.1) is 19.8 Å². The number of rotatable bonds is 7. The Morgan fingerprint density at radius 1 is 1.38 bits per heavy atom. The van der Waals surface area contributed by atoms with Crippen LogP contribution in [0.4, 0.5) is 0 Å². The molecular weight excluding hydrogens is 304 g/mol. The Hall–Kier alpha value is -1.79. The average Bonchev–Trinajstić information content (AvgIpc) is 2.62. The largest absolute Gasteiger partial charge is 0.492 e. The summed E-state index contributed by atoms with van der Waals surface area (Å²) in [5.41, 5.74) is 0. The Morgan fingerprint density at radius 3 is 2.88 bits per heavy atom. The van der Waals surface area contributed by atoms with Crippen LogP contribution in [-0.2, 0) is 4.74 Å². The van der Waals surface area contributed by atoms with Gasteiger partial charge in [0.2, 0.25) is 0 Å². The number of morpholine rings is 1. The third-order valence-corrected chi connectivity index (χ3v) is 4.18. The lowest BCUT2D eigenvalue weighted by atomic mass is 10.2. The molecule has 2 unspecified atom stereocenters. The first-order chi connectivity index (χ1) is 11.7. The van der Waals surface area contributed by atoms with E-state index in [4.69, 9.17) is 9.47 Å². The van der Waals surface area contributed by atoms with Crippen molar-refractivity contribution in [3.63, 3.8) is 0 Å². The number of hydrogen-bond acceptors (Lipinski definition) is 4.